The van der Waals surface area contributed by atoms with Gasteiger partial charge in [-0.2, -0.15) is 0 Å². The Kier molecular flexibility index (Phi) is 4.66. The van der Waals surface area contributed by atoms with Gasteiger partial charge in [-0.1, -0.05) is 12.1 Å². The number of nitrogens with zero attached hydrogens (tertiary/aromatic N) is 1. The van der Waals surface area contributed by atoms with Crippen LogP contribution in [0.1, 0.15) is 64.2 Å². The first-order chi connectivity index (χ1) is 12.2. The van der Waals surface area contributed by atoms with Crippen LogP contribution >= 0.6 is 11.3 Å². The molecule has 1 aromatic heterocycles. The molecule has 1 amide bonds. The fourth-order valence-corrected chi connectivity index (χ4v) is 4.77. The second-order valence-corrected chi connectivity index (χ2v) is 7.99. The molecule has 0 bridgehead atoms. The molecule has 0 saturated carbocycles. The van der Waals surface area contributed by atoms with E-state index in [2.05, 4.69) is 16.4 Å². The minimum Gasteiger partial charge on any atom is -0.302 e. The Morgan fingerprint density at radius 1 is 1.00 bits per heavy atom. The number of anilines is 1. The van der Waals surface area contributed by atoms with E-state index in [0.29, 0.717) is 5.13 Å². The van der Waals surface area contributed by atoms with Crippen LogP contribution in [0.25, 0.3) is 0 Å². The van der Waals surface area contributed by atoms with E-state index in [-0.39, 0.29) is 24.5 Å². The van der Waals surface area contributed by atoms with E-state index in [9.17, 15) is 9.59 Å². The Morgan fingerprint density at radius 2 is 1.84 bits per heavy atom. The molecule has 25 heavy (non-hydrogen) atoms. The highest BCUT2D eigenvalue weighted by molar-refractivity contribution is 7.15. The average Bonchev–Trinajstić information content (AvgIpc) is 3.20. The van der Waals surface area contributed by atoms with Crippen molar-refractivity contribution in [3.05, 3.63) is 45.5 Å². The maximum atomic E-state index is 12.4. The van der Waals surface area contributed by atoms with Gasteiger partial charge < -0.3 is 5.32 Å². The first-order valence-electron chi connectivity index (χ1n) is 9.12. The summed E-state index contributed by atoms with van der Waals surface area (Å²) in [5, 5.41) is 3.52. The molecule has 0 spiro atoms. The highest BCUT2D eigenvalue weighted by Crippen LogP contribution is 2.30. The van der Waals surface area contributed by atoms with Crippen molar-refractivity contribution in [3.63, 3.8) is 0 Å². The third kappa shape index (κ3) is 3.66. The van der Waals surface area contributed by atoms with Crippen LogP contribution in [0.2, 0.25) is 0 Å². The van der Waals surface area contributed by atoms with Crippen molar-refractivity contribution in [3.8, 4) is 0 Å². The molecule has 4 rings (SSSR count). The lowest BCUT2D eigenvalue weighted by molar-refractivity contribution is -0.116. The molecule has 1 N–H and O–H groups in total. The molecule has 4 nitrogen and oxygen atoms in total. The van der Waals surface area contributed by atoms with Crippen LogP contribution in [-0.4, -0.2) is 16.7 Å². The summed E-state index contributed by atoms with van der Waals surface area (Å²) in [5.41, 5.74) is 4.54. The van der Waals surface area contributed by atoms with E-state index in [4.69, 9.17) is 0 Å². The Labute approximate surface area is 151 Å². The molecule has 0 atom stereocenters. The van der Waals surface area contributed by atoms with Gasteiger partial charge in [-0.05, 0) is 62.1 Å². The second kappa shape index (κ2) is 7.08. The smallest absolute Gasteiger partial charge is 0.226 e. The van der Waals surface area contributed by atoms with Crippen molar-refractivity contribution in [2.45, 2.75) is 57.8 Å². The van der Waals surface area contributed by atoms with Crippen LogP contribution in [0.5, 0.6) is 0 Å². The van der Waals surface area contributed by atoms with Crippen LogP contribution < -0.4 is 5.32 Å². The monoisotopic (exact) mass is 354 g/mol. The number of Topliss-reactive ketones (excluding diaryl/α,β-unsaturated/α-hetero) is 1. The van der Waals surface area contributed by atoms with E-state index < -0.39 is 0 Å². The van der Waals surface area contributed by atoms with Crippen LogP contribution in [-0.2, 0) is 30.5 Å². The SMILES string of the molecule is O=C(CCC(=O)c1ccc2c(c1)CCCC2)Nc1nc2c(s1)CCC2. The van der Waals surface area contributed by atoms with Gasteiger partial charge in [0.15, 0.2) is 10.9 Å². The highest BCUT2D eigenvalue weighted by atomic mass is 32.1. The number of rotatable bonds is 5. The Morgan fingerprint density at radius 3 is 2.68 bits per heavy atom. The van der Waals surface area contributed by atoms with Gasteiger partial charge in [0.25, 0.3) is 0 Å². The molecule has 130 valence electrons. The number of aryl methyl sites for hydroxylation is 4. The molecule has 0 saturated heterocycles. The number of carbonyl (C=O) groups excluding carboxylic acids is 2. The topological polar surface area (TPSA) is 59.1 Å². The molecule has 0 unspecified atom stereocenters. The number of hydrogen-bond acceptors (Lipinski definition) is 4. The number of carbonyl (C=O) groups is 2. The predicted octanol–water partition coefficient (Wildman–Crippen LogP) is 4.11. The van der Waals surface area contributed by atoms with E-state index in [0.717, 1.165) is 43.4 Å². The highest BCUT2D eigenvalue weighted by Gasteiger charge is 2.18. The third-order valence-electron chi connectivity index (χ3n) is 5.09. The number of ketones is 1. The zero-order valence-corrected chi connectivity index (χ0v) is 15.1. The lowest BCUT2D eigenvalue weighted by atomic mass is 9.89. The lowest BCUT2D eigenvalue weighted by Crippen LogP contribution is -2.14. The van der Waals surface area contributed by atoms with E-state index in [1.807, 2.05) is 12.1 Å². The van der Waals surface area contributed by atoms with Crippen LogP contribution in [0.3, 0.4) is 0 Å². The van der Waals surface area contributed by atoms with Gasteiger partial charge in [0.1, 0.15) is 0 Å². The number of amides is 1. The fourth-order valence-electron chi connectivity index (χ4n) is 3.70. The van der Waals surface area contributed by atoms with E-state index in [1.54, 1.807) is 11.3 Å². The van der Waals surface area contributed by atoms with Crippen LogP contribution in [0.15, 0.2) is 18.2 Å². The number of nitrogens with one attached hydrogen (secondary N) is 1. The third-order valence-corrected chi connectivity index (χ3v) is 6.16. The molecule has 0 radical (unpaired) electrons. The first kappa shape index (κ1) is 16.5. The summed E-state index contributed by atoms with van der Waals surface area (Å²) in [5.74, 6) is -0.0797. The molecule has 2 aliphatic rings. The zero-order chi connectivity index (χ0) is 17.2. The minimum absolute atomic E-state index is 0.0464. The standard InChI is InChI=1S/C20H22N2O2S/c23-17(15-9-8-13-4-1-2-5-14(13)12-15)10-11-19(24)22-20-21-16-6-3-7-18(16)25-20/h8-9,12H,1-7,10-11H2,(H,21,22,24). The number of fused-ring (bicyclic) bond motifs is 2. The van der Waals surface area contributed by atoms with Crippen LogP contribution in [0, 0.1) is 0 Å². The maximum Gasteiger partial charge on any atom is 0.226 e. The Balaban J connectivity index is 1.32. The van der Waals surface area contributed by atoms with Gasteiger partial charge in [0.05, 0.1) is 5.69 Å². The molecule has 5 heteroatoms. The maximum absolute atomic E-state index is 12.4. The summed E-state index contributed by atoms with van der Waals surface area (Å²) in [6.45, 7) is 0. The molecule has 1 aromatic carbocycles. The zero-order valence-electron chi connectivity index (χ0n) is 14.3. The number of thiazole rings is 1. The molecule has 0 aliphatic heterocycles. The fraction of sp³-hybridized carbons (Fsp3) is 0.450. The summed E-state index contributed by atoms with van der Waals surface area (Å²) in [4.78, 5) is 30.3. The predicted molar refractivity (Wildman–Crippen MR) is 99.4 cm³/mol. The van der Waals surface area contributed by atoms with Crippen molar-refractivity contribution in [1.82, 2.24) is 4.98 Å². The largest absolute Gasteiger partial charge is 0.302 e. The average molecular weight is 354 g/mol. The van der Waals surface area contributed by atoms with Crippen LogP contribution in [0.4, 0.5) is 5.13 Å². The van der Waals surface area contributed by atoms with Gasteiger partial charge >= 0.3 is 0 Å². The van der Waals surface area contributed by atoms with Crippen molar-refractivity contribution >= 4 is 28.2 Å². The van der Waals surface area contributed by atoms with Gasteiger partial charge in [-0.3, -0.25) is 9.59 Å². The molecule has 2 aromatic rings. The van der Waals surface area contributed by atoms with Crippen molar-refractivity contribution in [2.75, 3.05) is 5.32 Å². The van der Waals surface area contributed by atoms with Gasteiger partial charge in [0.2, 0.25) is 5.91 Å². The first-order valence-corrected chi connectivity index (χ1v) is 9.94. The normalized spacial score (nSPS) is 15.5. The molecular weight excluding hydrogens is 332 g/mol. The van der Waals surface area contributed by atoms with Crippen molar-refractivity contribution in [1.29, 1.82) is 0 Å². The number of aromatic nitrogens is 1. The summed E-state index contributed by atoms with van der Waals surface area (Å²) >= 11 is 1.57. The summed E-state index contributed by atoms with van der Waals surface area (Å²) in [7, 11) is 0. The molecule has 0 fully saturated rings. The number of hydrogen-bond donors (Lipinski definition) is 1. The van der Waals surface area contributed by atoms with Crippen molar-refractivity contribution in [2.24, 2.45) is 0 Å². The van der Waals surface area contributed by atoms with Gasteiger partial charge in [-0.15, -0.1) is 11.3 Å². The van der Waals surface area contributed by atoms with Gasteiger partial charge in [-0.25, -0.2) is 4.98 Å². The Hall–Kier alpha value is -2.01. The van der Waals surface area contributed by atoms with E-state index >= 15 is 0 Å². The molecule has 2 aliphatic carbocycles. The molecule has 1 heterocycles. The second-order valence-electron chi connectivity index (χ2n) is 6.90. The summed E-state index contributed by atoms with van der Waals surface area (Å²) < 4.78 is 0. The van der Waals surface area contributed by atoms with Gasteiger partial charge in [0, 0.05) is 23.3 Å². The summed E-state index contributed by atoms with van der Waals surface area (Å²) in [6.07, 6.45) is 8.31. The Bertz CT molecular complexity index is 804. The lowest BCUT2D eigenvalue weighted by Gasteiger charge is -2.16. The summed E-state index contributed by atoms with van der Waals surface area (Å²) in [6, 6.07) is 6.02. The quantitative estimate of drug-likeness (QED) is 0.822. The van der Waals surface area contributed by atoms with E-state index in [1.165, 1.54) is 28.8 Å². The van der Waals surface area contributed by atoms with Crippen molar-refractivity contribution < 1.29 is 9.59 Å². The minimum atomic E-state index is -0.126. The molecular formula is C20H22N2O2S. The number of benzene rings is 1.